The number of rotatable bonds is 12. The molecular weight excluding hydrogens is 578 g/mol. The second-order valence-electron chi connectivity index (χ2n) is 10.4. The van der Waals surface area contributed by atoms with Gasteiger partial charge in [-0.25, -0.2) is 8.42 Å². The highest BCUT2D eigenvalue weighted by Crippen LogP contribution is 2.29. The molecule has 0 heterocycles. The van der Waals surface area contributed by atoms with Crippen LogP contribution >= 0.6 is 0 Å². The van der Waals surface area contributed by atoms with Gasteiger partial charge in [-0.15, -0.1) is 0 Å². The quantitative estimate of drug-likeness (QED) is 0.217. The molecule has 9 nitrogen and oxygen atoms in total. The molecule has 2 amide bonds. The zero-order valence-electron chi connectivity index (χ0n) is 25.5. The van der Waals surface area contributed by atoms with E-state index in [-0.39, 0.29) is 12.5 Å². The van der Waals surface area contributed by atoms with Gasteiger partial charge < -0.3 is 20.1 Å². The molecule has 0 saturated carbocycles. The van der Waals surface area contributed by atoms with Crippen LogP contribution in [0.25, 0.3) is 0 Å². The third kappa shape index (κ3) is 7.76. The van der Waals surface area contributed by atoms with Crippen LogP contribution in [0.1, 0.15) is 43.0 Å². The van der Waals surface area contributed by atoms with E-state index in [9.17, 15) is 18.0 Å². The predicted octanol–water partition coefficient (Wildman–Crippen LogP) is 5.51. The number of aryl methyl sites for hydroxylation is 2. The summed E-state index contributed by atoms with van der Waals surface area (Å²) in [5, 5.41) is 5.74. The highest BCUT2D eigenvalue weighted by Gasteiger charge is 2.22. The molecule has 0 atom stereocenters. The maximum Gasteiger partial charge on any atom is 0.255 e. The Bertz CT molecular complexity index is 1730. The first-order chi connectivity index (χ1) is 21.0. The SMILES string of the molecule is COc1ccc(CCNC(=O)c2ccccc2NC(=O)c2ccc(CN(c3c(C)cccc3C)S(C)(=O)=O)cc2)cc1OC. The predicted molar refractivity (Wildman–Crippen MR) is 173 cm³/mol. The number of hydrogen-bond acceptors (Lipinski definition) is 6. The zero-order chi connectivity index (χ0) is 31.9. The van der Waals surface area contributed by atoms with Crippen LogP contribution in [0.15, 0.2) is 84.9 Å². The van der Waals surface area contributed by atoms with E-state index in [0.717, 1.165) is 22.3 Å². The van der Waals surface area contributed by atoms with Crippen molar-refractivity contribution in [3.63, 3.8) is 0 Å². The molecule has 4 aromatic rings. The van der Waals surface area contributed by atoms with Gasteiger partial charge in [-0.05, 0) is 78.9 Å². The summed E-state index contributed by atoms with van der Waals surface area (Å²) in [5.74, 6) is 0.542. The van der Waals surface area contributed by atoms with E-state index in [1.54, 1.807) is 62.8 Å². The topological polar surface area (TPSA) is 114 Å². The van der Waals surface area contributed by atoms with Gasteiger partial charge in [0.15, 0.2) is 11.5 Å². The molecule has 0 bridgehead atoms. The molecule has 0 fully saturated rings. The summed E-state index contributed by atoms with van der Waals surface area (Å²) in [4.78, 5) is 26.2. The molecule has 10 heteroatoms. The largest absolute Gasteiger partial charge is 0.493 e. The molecule has 44 heavy (non-hydrogen) atoms. The average molecular weight is 616 g/mol. The number of benzene rings is 4. The number of nitrogens with zero attached hydrogens (tertiary/aromatic N) is 1. The lowest BCUT2D eigenvalue weighted by atomic mass is 10.1. The summed E-state index contributed by atoms with van der Waals surface area (Å²) in [6.07, 6.45) is 1.76. The Morgan fingerprint density at radius 1 is 0.773 bits per heavy atom. The van der Waals surface area contributed by atoms with Gasteiger partial charge in [0.05, 0.1) is 44.0 Å². The molecule has 230 valence electrons. The molecule has 0 unspecified atom stereocenters. The van der Waals surface area contributed by atoms with Gasteiger partial charge in [0, 0.05) is 12.1 Å². The number of amides is 2. The van der Waals surface area contributed by atoms with E-state index in [4.69, 9.17) is 9.47 Å². The molecular formula is C34H37N3O6S. The summed E-state index contributed by atoms with van der Waals surface area (Å²) < 4.78 is 37.4. The Hall–Kier alpha value is -4.83. The minimum Gasteiger partial charge on any atom is -0.493 e. The maximum absolute atomic E-state index is 13.1. The second kappa shape index (κ2) is 14.1. The van der Waals surface area contributed by atoms with Crippen molar-refractivity contribution in [2.24, 2.45) is 0 Å². The van der Waals surface area contributed by atoms with Crippen LogP contribution < -0.4 is 24.4 Å². The smallest absolute Gasteiger partial charge is 0.255 e. The van der Waals surface area contributed by atoms with E-state index in [0.29, 0.717) is 47.0 Å². The number of ether oxygens (including phenoxy) is 2. The summed E-state index contributed by atoms with van der Waals surface area (Å²) in [7, 11) is -0.417. The third-order valence-electron chi connectivity index (χ3n) is 7.20. The van der Waals surface area contributed by atoms with Crippen LogP contribution in [0.2, 0.25) is 0 Å². The Balaban J connectivity index is 1.42. The number of sulfonamides is 1. The molecule has 2 N–H and O–H groups in total. The van der Waals surface area contributed by atoms with Crippen LogP contribution in [-0.2, 0) is 23.0 Å². The molecule has 0 aliphatic carbocycles. The first kappa shape index (κ1) is 32.1. The lowest BCUT2D eigenvalue weighted by Gasteiger charge is -2.26. The minimum absolute atomic E-state index is 0.124. The molecule has 4 aromatic carbocycles. The zero-order valence-corrected chi connectivity index (χ0v) is 26.3. The molecule has 0 spiro atoms. The number of para-hydroxylation sites is 2. The lowest BCUT2D eigenvalue weighted by Crippen LogP contribution is -2.30. The Morgan fingerprint density at radius 3 is 2.05 bits per heavy atom. The fourth-order valence-corrected chi connectivity index (χ4v) is 5.93. The molecule has 0 saturated heterocycles. The number of hydrogen-bond donors (Lipinski definition) is 2. The maximum atomic E-state index is 13.1. The molecule has 0 radical (unpaired) electrons. The normalized spacial score (nSPS) is 11.0. The third-order valence-corrected chi connectivity index (χ3v) is 8.31. The Kier molecular flexibility index (Phi) is 10.3. The van der Waals surface area contributed by atoms with Crippen molar-refractivity contribution in [2.75, 3.05) is 36.6 Å². The van der Waals surface area contributed by atoms with E-state index in [1.807, 2.05) is 50.2 Å². The van der Waals surface area contributed by atoms with Crippen molar-refractivity contribution in [3.05, 3.63) is 118 Å². The van der Waals surface area contributed by atoms with Crippen molar-refractivity contribution in [1.29, 1.82) is 0 Å². The van der Waals surface area contributed by atoms with Crippen LogP contribution in [-0.4, -0.2) is 47.3 Å². The van der Waals surface area contributed by atoms with Gasteiger partial charge in [0.2, 0.25) is 10.0 Å². The van der Waals surface area contributed by atoms with Gasteiger partial charge in [-0.1, -0.05) is 48.5 Å². The van der Waals surface area contributed by atoms with Gasteiger partial charge >= 0.3 is 0 Å². The second-order valence-corrected chi connectivity index (χ2v) is 12.3. The fourth-order valence-electron chi connectivity index (χ4n) is 4.92. The first-order valence-corrected chi connectivity index (χ1v) is 15.9. The number of anilines is 2. The van der Waals surface area contributed by atoms with E-state index >= 15 is 0 Å². The van der Waals surface area contributed by atoms with E-state index < -0.39 is 15.9 Å². The van der Waals surface area contributed by atoms with Gasteiger partial charge in [0.1, 0.15) is 0 Å². The fraction of sp³-hybridized carbons (Fsp3) is 0.235. The van der Waals surface area contributed by atoms with Crippen LogP contribution in [0.4, 0.5) is 11.4 Å². The van der Waals surface area contributed by atoms with Crippen LogP contribution in [0.5, 0.6) is 11.5 Å². The molecule has 0 aromatic heterocycles. The minimum atomic E-state index is -3.56. The standard InChI is InChI=1S/C34H37N3O6S/c1-23-9-8-10-24(2)32(23)37(44(5,40)41)22-26-13-16-27(17-14-26)33(38)36-29-12-7-6-11-28(29)34(39)35-20-19-25-15-18-30(42-3)31(21-25)43-4/h6-18,21H,19-20,22H2,1-5H3,(H,35,39)(H,36,38). The average Bonchev–Trinajstić information content (AvgIpc) is 3.00. The Morgan fingerprint density at radius 2 is 1.41 bits per heavy atom. The summed E-state index contributed by atoms with van der Waals surface area (Å²) in [6.45, 7) is 4.26. The van der Waals surface area contributed by atoms with Crippen molar-refractivity contribution in [3.8, 4) is 11.5 Å². The van der Waals surface area contributed by atoms with Gasteiger partial charge in [0.25, 0.3) is 11.8 Å². The molecule has 0 aliphatic rings. The first-order valence-electron chi connectivity index (χ1n) is 14.0. The van der Waals surface area contributed by atoms with E-state index in [1.165, 1.54) is 10.6 Å². The Labute approximate surface area is 258 Å². The number of carbonyl (C=O) groups excluding carboxylic acids is 2. The highest BCUT2D eigenvalue weighted by atomic mass is 32.2. The van der Waals surface area contributed by atoms with Gasteiger partial charge in [-0.2, -0.15) is 0 Å². The summed E-state index contributed by atoms with van der Waals surface area (Å²) >= 11 is 0. The number of nitrogens with one attached hydrogen (secondary N) is 2. The monoisotopic (exact) mass is 615 g/mol. The number of carbonyl (C=O) groups is 2. The molecule has 4 rings (SSSR count). The van der Waals surface area contributed by atoms with Crippen molar-refractivity contribution < 1.29 is 27.5 Å². The molecule has 0 aliphatic heterocycles. The highest BCUT2D eigenvalue weighted by molar-refractivity contribution is 7.92. The van der Waals surface area contributed by atoms with Crippen LogP contribution in [0, 0.1) is 13.8 Å². The lowest BCUT2D eigenvalue weighted by molar-refractivity contribution is 0.0955. The summed E-state index contributed by atoms with van der Waals surface area (Å²) in [6, 6.07) is 24.8. The van der Waals surface area contributed by atoms with Crippen LogP contribution in [0.3, 0.4) is 0 Å². The van der Waals surface area contributed by atoms with Crippen molar-refractivity contribution in [2.45, 2.75) is 26.8 Å². The van der Waals surface area contributed by atoms with Crippen molar-refractivity contribution in [1.82, 2.24) is 5.32 Å². The van der Waals surface area contributed by atoms with E-state index in [2.05, 4.69) is 10.6 Å². The summed E-state index contributed by atoms with van der Waals surface area (Å²) in [5.41, 5.74) is 5.15. The van der Waals surface area contributed by atoms with Gasteiger partial charge in [-0.3, -0.25) is 13.9 Å². The van der Waals surface area contributed by atoms with Crippen molar-refractivity contribution >= 4 is 33.2 Å². The number of methoxy groups -OCH3 is 2.